The fourth-order valence-corrected chi connectivity index (χ4v) is 3.59. The third kappa shape index (κ3) is 3.13. The second kappa shape index (κ2) is 6.10. The zero-order valence-corrected chi connectivity index (χ0v) is 11.6. The predicted molar refractivity (Wildman–Crippen MR) is 75.1 cm³/mol. The second-order valence-corrected chi connectivity index (χ2v) is 6.08. The maximum absolute atomic E-state index is 13.4. The van der Waals surface area contributed by atoms with Crippen LogP contribution in [0.3, 0.4) is 0 Å². The van der Waals surface area contributed by atoms with Crippen LogP contribution in [-0.4, -0.2) is 30.4 Å². The van der Waals surface area contributed by atoms with Gasteiger partial charge in [0.1, 0.15) is 12.7 Å². The molecule has 3 nitrogen and oxygen atoms in total. The van der Waals surface area contributed by atoms with Gasteiger partial charge in [0.15, 0.2) is 11.6 Å². The van der Waals surface area contributed by atoms with Crippen LogP contribution in [0.15, 0.2) is 24.3 Å². The van der Waals surface area contributed by atoms with Crippen molar-refractivity contribution in [3.05, 3.63) is 30.1 Å². The van der Waals surface area contributed by atoms with E-state index in [1.165, 1.54) is 31.7 Å². The highest BCUT2D eigenvalue weighted by molar-refractivity contribution is 5.23. The number of hydrogen-bond donors (Lipinski definition) is 2. The summed E-state index contributed by atoms with van der Waals surface area (Å²) in [7, 11) is 0. The third-order valence-electron chi connectivity index (χ3n) is 4.62. The van der Waals surface area contributed by atoms with Crippen LogP contribution in [0.2, 0.25) is 0 Å². The summed E-state index contributed by atoms with van der Waals surface area (Å²) in [4.78, 5) is 0. The minimum atomic E-state index is -0.603. The summed E-state index contributed by atoms with van der Waals surface area (Å²) in [6.45, 7) is 0.636. The first-order chi connectivity index (χ1) is 9.72. The number of fused-ring (bicyclic) bond motifs is 2. The van der Waals surface area contributed by atoms with E-state index in [0.717, 1.165) is 11.8 Å². The zero-order chi connectivity index (χ0) is 13.9. The van der Waals surface area contributed by atoms with E-state index in [4.69, 9.17) is 4.74 Å². The van der Waals surface area contributed by atoms with Crippen molar-refractivity contribution in [2.75, 3.05) is 13.2 Å². The van der Waals surface area contributed by atoms with Crippen LogP contribution in [-0.2, 0) is 0 Å². The minimum absolute atomic E-state index is 0.120. The number of rotatable bonds is 6. The fourth-order valence-electron chi connectivity index (χ4n) is 3.59. The van der Waals surface area contributed by atoms with E-state index in [1.54, 1.807) is 18.2 Å². The highest BCUT2D eigenvalue weighted by Gasteiger charge is 2.39. The van der Waals surface area contributed by atoms with E-state index in [2.05, 4.69) is 5.32 Å². The number of aliphatic hydroxyl groups is 1. The third-order valence-corrected chi connectivity index (χ3v) is 4.62. The summed E-state index contributed by atoms with van der Waals surface area (Å²) >= 11 is 0. The molecule has 4 atom stereocenters. The number of para-hydroxylation sites is 1. The van der Waals surface area contributed by atoms with Gasteiger partial charge in [-0.1, -0.05) is 18.6 Å². The number of aliphatic hydroxyl groups excluding tert-OH is 1. The summed E-state index contributed by atoms with van der Waals surface area (Å²) in [6, 6.07) is 6.82. The lowest BCUT2D eigenvalue weighted by atomic mass is 9.95. The molecule has 0 aromatic heterocycles. The van der Waals surface area contributed by atoms with Crippen molar-refractivity contribution in [1.29, 1.82) is 0 Å². The topological polar surface area (TPSA) is 41.5 Å². The van der Waals surface area contributed by atoms with Crippen molar-refractivity contribution in [1.82, 2.24) is 5.32 Å². The average molecular weight is 279 g/mol. The van der Waals surface area contributed by atoms with E-state index < -0.39 is 6.10 Å². The molecule has 0 aliphatic heterocycles. The number of ether oxygens (including phenoxy) is 1. The Bertz CT molecular complexity index is 454. The molecule has 2 aliphatic rings. The molecule has 2 fully saturated rings. The molecule has 20 heavy (non-hydrogen) atoms. The Morgan fingerprint density at radius 3 is 2.85 bits per heavy atom. The van der Waals surface area contributed by atoms with Gasteiger partial charge in [0, 0.05) is 12.6 Å². The second-order valence-electron chi connectivity index (χ2n) is 6.08. The quantitative estimate of drug-likeness (QED) is 0.840. The van der Waals surface area contributed by atoms with Crippen molar-refractivity contribution in [2.45, 2.75) is 37.8 Å². The van der Waals surface area contributed by atoms with E-state index in [9.17, 15) is 9.50 Å². The van der Waals surface area contributed by atoms with Crippen LogP contribution in [0.1, 0.15) is 25.7 Å². The van der Waals surface area contributed by atoms with Crippen molar-refractivity contribution in [3.8, 4) is 5.75 Å². The van der Waals surface area contributed by atoms with Gasteiger partial charge in [-0.3, -0.25) is 0 Å². The zero-order valence-electron chi connectivity index (χ0n) is 11.6. The first kappa shape index (κ1) is 13.8. The average Bonchev–Trinajstić information content (AvgIpc) is 3.06. The Hall–Kier alpha value is -1.13. The molecule has 0 amide bonds. The first-order valence-corrected chi connectivity index (χ1v) is 7.51. The van der Waals surface area contributed by atoms with Gasteiger partial charge in [0.25, 0.3) is 0 Å². The van der Waals surface area contributed by atoms with Crippen molar-refractivity contribution in [2.24, 2.45) is 11.8 Å². The molecule has 0 saturated heterocycles. The normalized spacial score (nSPS) is 29.6. The van der Waals surface area contributed by atoms with Crippen LogP contribution >= 0.6 is 0 Å². The van der Waals surface area contributed by atoms with E-state index >= 15 is 0 Å². The molecule has 0 radical (unpaired) electrons. The summed E-state index contributed by atoms with van der Waals surface area (Å²) in [6.07, 6.45) is 4.69. The van der Waals surface area contributed by atoms with Gasteiger partial charge in [-0.15, -0.1) is 0 Å². The van der Waals surface area contributed by atoms with E-state index in [0.29, 0.717) is 12.6 Å². The van der Waals surface area contributed by atoms with Crippen molar-refractivity contribution in [3.63, 3.8) is 0 Å². The SMILES string of the molecule is OC(CNC1CC2CCC1C2)COc1ccccc1F. The van der Waals surface area contributed by atoms with Crippen LogP contribution < -0.4 is 10.1 Å². The molecular weight excluding hydrogens is 257 g/mol. The number of halogens is 1. The number of hydrogen-bond acceptors (Lipinski definition) is 3. The Labute approximate surface area is 119 Å². The predicted octanol–water partition coefficient (Wildman–Crippen LogP) is 2.34. The monoisotopic (exact) mass is 279 g/mol. The van der Waals surface area contributed by atoms with Gasteiger partial charge in [-0.05, 0) is 43.2 Å². The van der Waals surface area contributed by atoms with Gasteiger partial charge in [0.05, 0.1) is 0 Å². The van der Waals surface area contributed by atoms with Crippen LogP contribution in [0.5, 0.6) is 5.75 Å². The molecule has 3 rings (SSSR count). The van der Waals surface area contributed by atoms with Gasteiger partial charge >= 0.3 is 0 Å². The summed E-state index contributed by atoms with van der Waals surface area (Å²) in [5, 5.41) is 13.4. The Balaban J connectivity index is 1.39. The van der Waals surface area contributed by atoms with Gasteiger partial charge in [0.2, 0.25) is 0 Å². The lowest BCUT2D eigenvalue weighted by Crippen LogP contribution is -2.40. The molecular formula is C16H22FNO2. The summed E-state index contributed by atoms with van der Waals surface area (Å²) in [5.41, 5.74) is 0. The maximum Gasteiger partial charge on any atom is 0.165 e. The van der Waals surface area contributed by atoms with Crippen molar-refractivity contribution < 1.29 is 14.2 Å². The first-order valence-electron chi connectivity index (χ1n) is 7.51. The summed E-state index contributed by atoms with van der Waals surface area (Å²) < 4.78 is 18.7. The molecule has 0 heterocycles. The Morgan fingerprint density at radius 1 is 1.30 bits per heavy atom. The molecule has 4 unspecified atom stereocenters. The smallest absolute Gasteiger partial charge is 0.165 e. The molecule has 2 bridgehead atoms. The Kier molecular flexibility index (Phi) is 4.22. The number of benzene rings is 1. The van der Waals surface area contributed by atoms with Crippen LogP contribution in [0, 0.1) is 17.7 Å². The largest absolute Gasteiger partial charge is 0.488 e. The lowest BCUT2D eigenvalue weighted by molar-refractivity contribution is 0.0988. The number of nitrogens with one attached hydrogen (secondary N) is 1. The van der Waals surface area contributed by atoms with Gasteiger partial charge < -0.3 is 15.2 Å². The van der Waals surface area contributed by atoms with Gasteiger partial charge in [-0.25, -0.2) is 4.39 Å². The molecule has 1 aromatic carbocycles. The fraction of sp³-hybridized carbons (Fsp3) is 0.625. The minimum Gasteiger partial charge on any atom is -0.488 e. The van der Waals surface area contributed by atoms with Crippen LogP contribution in [0.4, 0.5) is 4.39 Å². The standard InChI is InChI=1S/C16H22FNO2/c17-14-3-1-2-4-16(14)20-10-13(19)9-18-15-8-11-5-6-12(15)7-11/h1-4,11-13,15,18-19H,5-10H2. The summed E-state index contributed by atoms with van der Waals surface area (Å²) in [5.74, 6) is 1.50. The highest BCUT2D eigenvalue weighted by Crippen LogP contribution is 2.44. The molecule has 2 aliphatic carbocycles. The van der Waals surface area contributed by atoms with Gasteiger partial charge in [-0.2, -0.15) is 0 Å². The molecule has 110 valence electrons. The van der Waals surface area contributed by atoms with Crippen LogP contribution in [0.25, 0.3) is 0 Å². The van der Waals surface area contributed by atoms with E-state index in [1.807, 2.05) is 0 Å². The Morgan fingerprint density at radius 2 is 2.15 bits per heavy atom. The molecule has 4 heteroatoms. The lowest BCUT2D eigenvalue weighted by Gasteiger charge is -2.24. The highest BCUT2D eigenvalue weighted by atomic mass is 19.1. The van der Waals surface area contributed by atoms with Crippen molar-refractivity contribution >= 4 is 0 Å². The van der Waals surface area contributed by atoms with E-state index in [-0.39, 0.29) is 18.2 Å². The molecule has 0 spiro atoms. The molecule has 1 aromatic rings. The molecule has 2 saturated carbocycles. The molecule has 2 N–H and O–H groups in total. The maximum atomic E-state index is 13.4.